The molecule has 3 rings (SSSR count). The van der Waals surface area contributed by atoms with Crippen LogP contribution in [0.2, 0.25) is 0 Å². The van der Waals surface area contributed by atoms with Gasteiger partial charge in [0, 0.05) is 17.8 Å². The van der Waals surface area contributed by atoms with E-state index in [0.717, 1.165) is 58.0 Å². The quantitative estimate of drug-likeness (QED) is 0.445. The first kappa shape index (κ1) is 22.3. The number of rotatable bonds is 10. The van der Waals surface area contributed by atoms with Crippen LogP contribution < -0.4 is 0 Å². The van der Waals surface area contributed by atoms with Crippen LogP contribution in [0.1, 0.15) is 77.6 Å². The van der Waals surface area contributed by atoms with Gasteiger partial charge in [-0.1, -0.05) is 32.3 Å². The molecule has 2 saturated heterocycles. The fourth-order valence-corrected chi connectivity index (χ4v) is 4.88. The molecule has 0 aromatic heterocycles. The molecule has 0 aromatic rings. The number of allylic oxidation sites excluding steroid dienone is 1. The van der Waals surface area contributed by atoms with E-state index in [0.29, 0.717) is 17.8 Å². The van der Waals surface area contributed by atoms with Crippen LogP contribution in [0.4, 0.5) is 0 Å². The molecule has 0 N–H and O–H groups in total. The van der Waals surface area contributed by atoms with Crippen LogP contribution >= 0.6 is 0 Å². The highest BCUT2D eigenvalue weighted by molar-refractivity contribution is 4.77. The second-order valence-electron chi connectivity index (χ2n) is 9.23. The summed E-state index contributed by atoms with van der Waals surface area (Å²) in [5.41, 5.74) is 0. The molecule has 2 heterocycles. The third kappa shape index (κ3) is 7.12. The maximum atomic E-state index is 6.13. The van der Waals surface area contributed by atoms with Gasteiger partial charge in [-0.25, -0.2) is 0 Å². The first-order chi connectivity index (χ1) is 13.8. The topological polar surface area (TPSA) is 36.9 Å². The zero-order valence-corrected chi connectivity index (χ0v) is 18.0. The van der Waals surface area contributed by atoms with Gasteiger partial charge in [0.15, 0.2) is 12.6 Å². The highest BCUT2D eigenvalue weighted by Crippen LogP contribution is 2.36. The molecular weight excluding hydrogens is 352 g/mol. The van der Waals surface area contributed by atoms with Gasteiger partial charge < -0.3 is 18.9 Å². The maximum absolute atomic E-state index is 6.13. The van der Waals surface area contributed by atoms with Gasteiger partial charge in [0.25, 0.3) is 0 Å². The van der Waals surface area contributed by atoms with Crippen LogP contribution in [0.25, 0.3) is 0 Å². The van der Waals surface area contributed by atoms with Gasteiger partial charge in [-0.15, -0.1) is 6.58 Å². The van der Waals surface area contributed by atoms with Crippen molar-refractivity contribution in [2.24, 2.45) is 23.7 Å². The summed E-state index contributed by atoms with van der Waals surface area (Å²) in [4.78, 5) is 0. The van der Waals surface area contributed by atoms with Crippen LogP contribution in [-0.2, 0) is 18.9 Å². The molecule has 1 aliphatic carbocycles. The molecule has 4 nitrogen and oxygen atoms in total. The van der Waals surface area contributed by atoms with Crippen LogP contribution in [0, 0.1) is 23.7 Å². The lowest BCUT2D eigenvalue weighted by Crippen LogP contribution is -2.39. The lowest BCUT2D eigenvalue weighted by atomic mass is 9.79. The first-order valence-electron chi connectivity index (χ1n) is 11.9. The highest BCUT2D eigenvalue weighted by Gasteiger charge is 2.33. The van der Waals surface area contributed by atoms with Crippen molar-refractivity contribution in [2.75, 3.05) is 26.4 Å². The lowest BCUT2D eigenvalue weighted by Gasteiger charge is -2.38. The molecule has 0 unspecified atom stereocenters. The fraction of sp³-hybridized carbons (Fsp3) is 0.917. The molecule has 3 aliphatic rings. The Balaban J connectivity index is 1.25. The van der Waals surface area contributed by atoms with E-state index in [2.05, 4.69) is 13.5 Å². The summed E-state index contributed by atoms with van der Waals surface area (Å²) in [7, 11) is 0. The number of ether oxygens (including phenoxy) is 4. The third-order valence-corrected chi connectivity index (χ3v) is 6.86. The molecule has 0 amide bonds. The molecular formula is C24H42O4. The number of unbranched alkanes of at least 4 members (excludes halogenated alkanes) is 1. The Labute approximate surface area is 172 Å². The van der Waals surface area contributed by atoms with Gasteiger partial charge in [-0.05, 0) is 57.3 Å². The minimum Gasteiger partial charge on any atom is -0.352 e. The van der Waals surface area contributed by atoms with E-state index in [4.69, 9.17) is 18.9 Å². The summed E-state index contributed by atoms with van der Waals surface area (Å²) in [6, 6.07) is 0. The van der Waals surface area contributed by atoms with Crippen molar-refractivity contribution >= 4 is 0 Å². The Kier molecular flexibility index (Phi) is 9.79. The van der Waals surface area contributed by atoms with Gasteiger partial charge >= 0.3 is 0 Å². The Morgan fingerprint density at radius 2 is 1.39 bits per heavy atom. The molecule has 0 radical (unpaired) electrons. The Bertz CT molecular complexity index is 416. The van der Waals surface area contributed by atoms with E-state index < -0.39 is 0 Å². The predicted octanol–water partition coefficient (Wildman–Crippen LogP) is 5.71. The smallest absolute Gasteiger partial charge is 0.160 e. The van der Waals surface area contributed by atoms with Crippen LogP contribution in [0.5, 0.6) is 0 Å². The molecule has 0 spiro atoms. The van der Waals surface area contributed by atoms with E-state index in [-0.39, 0.29) is 12.6 Å². The Morgan fingerprint density at radius 1 is 0.750 bits per heavy atom. The fourth-order valence-electron chi connectivity index (χ4n) is 4.88. The SMILES string of the molecule is C=CCC[C@H]1CO[C@H](CC[C@H]2CO[C@H](C3CCC(CCCC)CC3)OC2)OC1. The van der Waals surface area contributed by atoms with Crippen LogP contribution in [0.3, 0.4) is 0 Å². The van der Waals surface area contributed by atoms with E-state index in [9.17, 15) is 0 Å². The second kappa shape index (κ2) is 12.3. The predicted molar refractivity (Wildman–Crippen MR) is 112 cm³/mol. The average Bonchev–Trinajstić information content (AvgIpc) is 2.76. The van der Waals surface area contributed by atoms with Gasteiger partial charge in [-0.2, -0.15) is 0 Å². The summed E-state index contributed by atoms with van der Waals surface area (Å²) in [5.74, 6) is 2.55. The summed E-state index contributed by atoms with van der Waals surface area (Å²) in [5, 5.41) is 0. The van der Waals surface area contributed by atoms with Crippen molar-refractivity contribution < 1.29 is 18.9 Å². The monoisotopic (exact) mass is 394 g/mol. The molecule has 162 valence electrons. The molecule has 2 aliphatic heterocycles. The summed E-state index contributed by atoms with van der Waals surface area (Å²) in [6.07, 6.45) is 15.5. The van der Waals surface area contributed by atoms with Crippen molar-refractivity contribution in [1.82, 2.24) is 0 Å². The van der Waals surface area contributed by atoms with Crippen LogP contribution in [0.15, 0.2) is 12.7 Å². The third-order valence-electron chi connectivity index (χ3n) is 6.86. The molecule has 0 aromatic carbocycles. The summed E-state index contributed by atoms with van der Waals surface area (Å²) < 4.78 is 24.1. The maximum Gasteiger partial charge on any atom is 0.160 e. The minimum absolute atomic E-state index is 0.0381. The average molecular weight is 395 g/mol. The highest BCUT2D eigenvalue weighted by atomic mass is 16.7. The van der Waals surface area contributed by atoms with Gasteiger partial charge in [-0.3, -0.25) is 0 Å². The van der Waals surface area contributed by atoms with Crippen LogP contribution in [-0.4, -0.2) is 39.0 Å². The normalized spacial score (nSPS) is 36.9. The van der Waals surface area contributed by atoms with Gasteiger partial charge in [0.05, 0.1) is 26.4 Å². The Hall–Kier alpha value is -0.420. The van der Waals surface area contributed by atoms with Crippen molar-refractivity contribution in [2.45, 2.75) is 90.1 Å². The molecule has 1 saturated carbocycles. The number of hydrogen-bond acceptors (Lipinski definition) is 4. The second-order valence-corrected chi connectivity index (χ2v) is 9.23. The van der Waals surface area contributed by atoms with Crippen molar-refractivity contribution in [1.29, 1.82) is 0 Å². The van der Waals surface area contributed by atoms with E-state index in [1.807, 2.05) is 6.08 Å². The van der Waals surface area contributed by atoms with Gasteiger partial charge in [0.1, 0.15) is 0 Å². The van der Waals surface area contributed by atoms with Gasteiger partial charge in [0.2, 0.25) is 0 Å². The van der Waals surface area contributed by atoms with Crippen molar-refractivity contribution in [3.63, 3.8) is 0 Å². The molecule has 28 heavy (non-hydrogen) atoms. The molecule has 4 heteroatoms. The molecule has 3 fully saturated rings. The largest absolute Gasteiger partial charge is 0.352 e. The first-order valence-corrected chi connectivity index (χ1v) is 11.9. The van der Waals surface area contributed by atoms with Crippen molar-refractivity contribution in [3.05, 3.63) is 12.7 Å². The zero-order chi connectivity index (χ0) is 19.6. The molecule has 0 atom stereocenters. The number of hydrogen-bond donors (Lipinski definition) is 0. The van der Waals surface area contributed by atoms with E-state index in [1.165, 1.54) is 44.9 Å². The molecule has 0 bridgehead atoms. The van der Waals surface area contributed by atoms with E-state index >= 15 is 0 Å². The standard InChI is InChI=1S/C24H42O4/c1-3-5-7-19-9-12-22(13-10-19)24-27-17-21(18-28-24)11-14-23-25-15-20(16-26-23)8-6-4-2/h4,19-24H,2-3,5-18H2,1H3/t19?,20-,21-,22?,23-,24-. The summed E-state index contributed by atoms with van der Waals surface area (Å²) >= 11 is 0. The van der Waals surface area contributed by atoms with Crippen molar-refractivity contribution in [3.8, 4) is 0 Å². The van der Waals surface area contributed by atoms with E-state index in [1.54, 1.807) is 0 Å². The zero-order valence-electron chi connectivity index (χ0n) is 18.0. The lowest BCUT2D eigenvalue weighted by molar-refractivity contribution is -0.236. The summed E-state index contributed by atoms with van der Waals surface area (Å²) in [6.45, 7) is 9.37. The Morgan fingerprint density at radius 3 is 2.04 bits per heavy atom. The minimum atomic E-state index is -0.0453.